The van der Waals surface area contributed by atoms with Gasteiger partial charge in [-0.2, -0.15) is 0 Å². The van der Waals surface area contributed by atoms with E-state index in [-0.39, 0.29) is 0 Å². The molecule has 29 heavy (non-hydrogen) atoms. The average Bonchev–Trinajstić information content (AvgIpc) is 3.38. The Morgan fingerprint density at radius 2 is 1.69 bits per heavy atom. The van der Waals surface area contributed by atoms with Gasteiger partial charge in [0.15, 0.2) is 6.17 Å². The first-order valence-electron chi connectivity index (χ1n) is 10.9. The topological polar surface area (TPSA) is 10.4 Å². The van der Waals surface area contributed by atoms with Crippen LogP contribution in [0.25, 0.3) is 22.0 Å². The van der Waals surface area contributed by atoms with E-state index < -0.39 is 0 Å². The largest absolute Gasteiger partial charge is 0.333 e. The fourth-order valence-electron chi connectivity index (χ4n) is 5.24. The molecule has 5 rings (SSSR count). The van der Waals surface area contributed by atoms with Gasteiger partial charge in [-0.15, -0.1) is 0 Å². The van der Waals surface area contributed by atoms with Crippen molar-refractivity contribution in [3.63, 3.8) is 0 Å². The first-order chi connectivity index (χ1) is 14.1. The third-order valence-electron chi connectivity index (χ3n) is 6.84. The van der Waals surface area contributed by atoms with Crippen LogP contribution in [0.4, 0.5) is 5.82 Å². The summed E-state index contributed by atoms with van der Waals surface area (Å²) in [6.07, 6.45) is 10.3. The minimum absolute atomic E-state index is 0.355. The molecule has 1 aliphatic carbocycles. The van der Waals surface area contributed by atoms with Crippen molar-refractivity contribution in [2.75, 3.05) is 4.90 Å². The number of rotatable bonds is 3. The standard InChI is InChI=1S/C26H30N3/c1-19-15-16-21-9-4-7-12-23(21)26(19)24-13-8-14-25(27(24)3)29-18-17-28(20(29)2)22-10-5-6-11-22/h4,7-9,12-18,20,22H,5-6,10-11H2,1-3H3/q+1/t20-/m1/s1. The van der Waals surface area contributed by atoms with Gasteiger partial charge in [-0.3, -0.25) is 0 Å². The van der Waals surface area contributed by atoms with Crippen molar-refractivity contribution in [3.05, 3.63) is 72.6 Å². The lowest BCUT2D eigenvalue weighted by atomic mass is 9.96. The number of aromatic nitrogens is 1. The second-order valence-electron chi connectivity index (χ2n) is 8.53. The Balaban J connectivity index is 1.57. The predicted molar refractivity (Wildman–Crippen MR) is 120 cm³/mol. The van der Waals surface area contributed by atoms with Crippen LogP contribution in [0, 0.1) is 6.92 Å². The summed E-state index contributed by atoms with van der Waals surface area (Å²) in [6.45, 7) is 4.54. The summed E-state index contributed by atoms with van der Waals surface area (Å²) in [5, 5.41) is 2.61. The molecule has 3 nitrogen and oxygen atoms in total. The average molecular weight is 385 g/mol. The fraction of sp³-hybridized carbons (Fsp3) is 0.346. The second-order valence-corrected chi connectivity index (χ2v) is 8.53. The summed E-state index contributed by atoms with van der Waals surface area (Å²) in [4.78, 5) is 4.98. The SMILES string of the molecule is Cc1ccc2ccccc2c1-c1cccc(N2C=CN(C3CCCC3)[C@H]2C)[n+]1C. The first-order valence-corrected chi connectivity index (χ1v) is 10.9. The van der Waals surface area contributed by atoms with Crippen LogP contribution < -0.4 is 9.47 Å². The maximum Gasteiger partial charge on any atom is 0.283 e. The number of aryl methyl sites for hydroxylation is 1. The molecule has 1 fully saturated rings. The van der Waals surface area contributed by atoms with Crippen LogP contribution in [-0.2, 0) is 7.05 Å². The van der Waals surface area contributed by atoms with Crippen LogP contribution in [0.1, 0.15) is 38.2 Å². The Labute approximate surface area is 173 Å². The van der Waals surface area contributed by atoms with Gasteiger partial charge in [0.2, 0.25) is 0 Å². The summed E-state index contributed by atoms with van der Waals surface area (Å²) < 4.78 is 2.35. The molecule has 1 saturated carbocycles. The van der Waals surface area contributed by atoms with E-state index in [0.29, 0.717) is 12.2 Å². The quantitative estimate of drug-likeness (QED) is 0.550. The first kappa shape index (κ1) is 18.2. The zero-order valence-electron chi connectivity index (χ0n) is 17.7. The highest BCUT2D eigenvalue weighted by Crippen LogP contribution is 2.33. The molecule has 0 N–H and O–H groups in total. The zero-order chi connectivity index (χ0) is 20.0. The van der Waals surface area contributed by atoms with Gasteiger partial charge in [-0.1, -0.05) is 49.2 Å². The van der Waals surface area contributed by atoms with Gasteiger partial charge in [-0.05, 0) is 55.2 Å². The molecule has 0 spiro atoms. The third-order valence-corrected chi connectivity index (χ3v) is 6.84. The lowest BCUT2D eigenvalue weighted by molar-refractivity contribution is -0.647. The number of benzene rings is 2. The molecule has 0 saturated heterocycles. The molecule has 2 aliphatic rings. The summed E-state index contributed by atoms with van der Waals surface area (Å²) in [5.74, 6) is 1.24. The molecule has 0 radical (unpaired) electrons. The molecular formula is C26H30N3+. The Morgan fingerprint density at radius 1 is 0.897 bits per heavy atom. The Kier molecular flexibility index (Phi) is 4.54. The number of hydrogen-bond donors (Lipinski definition) is 0. The normalized spacial score (nSPS) is 19.6. The summed E-state index contributed by atoms with van der Waals surface area (Å²) in [5.41, 5.74) is 3.90. The minimum Gasteiger partial charge on any atom is -0.333 e. The van der Waals surface area contributed by atoms with E-state index in [1.165, 1.54) is 59.1 Å². The summed E-state index contributed by atoms with van der Waals surface area (Å²) >= 11 is 0. The maximum absolute atomic E-state index is 2.56. The van der Waals surface area contributed by atoms with E-state index in [0.717, 1.165) is 0 Å². The van der Waals surface area contributed by atoms with Gasteiger partial charge in [-0.25, -0.2) is 9.47 Å². The molecule has 0 amide bonds. The van der Waals surface area contributed by atoms with E-state index in [2.05, 4.69) is 102 Å². The Hall–Kier alpha value is -2.81. The highest BCUT2D eigenvalue weighted by atomic mass is 15.4. The van der Waals surface area contributed by atoms with Crippen LogP contribution in [0.2, 0.25) is 0 Å². The number of hydrogen-bond acceptors (Lipinski definition) is 2. The fourth-order valence-corrected chi connectivity index (χ4v) is 5.24. The van der Waals surface area contributed by atoms with Gasteiger partial charge in [0.1, 0.15) is 11.9 Å². The highest BCUT2D eigenvalue weighted by Gasteiger charge is 2.36. The van der Waals surface area contributed by atoms with Gasteiger partial charge in [0.25, 0.3) is 5.82 Å². The van der Waals surface area contributed by atoms with Crippen molar-refractivity contribution < 1.29 is 4.57 Å². The molecule has 3 heteroatoms. The van der Waals surface area contributed by atoms with Crippen molar-refractivity contribution in [1.82, 2.24) is 4.90 Å². The molecule has 1 aromatic heterocycles. The molecule has 1 aliphatic heterocycles. The highest BCUT2D eigenvalue weighted by molar-refractivity contribution is 5.96. The van der Waals surface area contributed by atoms with Gasteiger partial charge in [0, 0.05) is 23.9 Å². The zero-order valence-corrected chi connectivity index (χ0v) is 17.7. The third kappa shape index (κ3) is 3.00. The molecule has 148 valence electrons. The van der Waals surface area contributed by atoms with Crippen molar-refractivity contribution in [2.24, 2.45) is 7.05 Å². The number of fused-ring (bicyclic) bond motifs is 1. The number of nitrogens with zero attached hydrogens (tertiary/aromatic N) is 3. The number of pyridine rings is 1. The van der Waals surface area contributed by atoms with Crippen molar-refractivity contribution in [3.8, 4) is 11.3 Å². The Bertz CT molecular complexity index is 1080. The lowest BCUT2D eigenvalue weighted by Gasteiger charge is -2.30. The smallest absolute Gasteiger partial charge is 0.283 e. The van der Waals surface area contributed by atoms with Crippen LogP contribution in [0.5, 0.6) is 0 Å². The van der Waals surface area contributed by atoms with Crippen molar-refractivity contribution >= 4 is 16.6 Å². The second kappa shape index (κ2) is 7.22. The van der Waals surface area contributed by atoms with Crippen molar-refractivity contribution in [2.45, 2.75) is 51.7 Å². The van der Waals surface area contributed by atoms with Gasteiger partial charge < -0.3 is 4.90 Å². The number of anilines is 1. The van der Waals surface area contributed by atoms with Crippen LogP contribution in [0.15, 0.2) is 67.0 Å². The molecule has 0 unspecified atom stereocenters. The van der Waals surface area contributed by atoms with E-state index in [4.69, 9.17) is 0 Å². The van der Waals surface area contributed by atoms with Crippen LogP contribution in [0.3, 0.4) is 0 Å². The van der Waals surface area contributed by atoms with Crippen LogP contribution in [-0.4, -0.2) is 17.1 Å². The molecule has 0 bridgehead atoms. The Morgan fingerprint density at radius 3 is 2.52 bits per heavy atom. The van der Waals surface area contributed by atoms with Crippen LogP contribution >= 0.6 is 0 Å². The molecule has 1 atom stereocenters. The maximum atomic E-state index is 2.56. The van der Waals surface area contributed by atoms with E-state index in [9.17, 15) is 0 Å². The molecular weight excluding hydrogens is 354 g/mol. The molecule has 2 aromatic carbocycles. The lowest BCUT2D eigenvalue weighted by Crippen LogP contribution is -2.46. The van der Waals surface area contributed by atoms with Crippen molar-refractivity contribution in [1.29, 1.82) is 0 Å². The van der Waals surface area contributed by atoms with E-state index in [1.807, 2.05) is 0 Å². The summed E-state index contributed by atoms with van der Waals surface area (Å²) in [6, 6.07) is 20.5. The summed E-state index contributed by atoms with van der Waals surface area (Å²) in [7, 11) is 2.20. The molecule has 3 aromatic rings. The molecule has 2 heterocycles. The minimum atomic E-state index is 0.355. The predicted octanol–water partition coefficient (Wildman–Crippen LogP) is 5.52. The van der Waals surface area contributed by atoms with Gasteiger partial charge >= 0.3 is 0 Å². The van der Waals surface area contributed by atoms with E-state index >= 15 is 0 Å². The van der Waals surface area contributed by atoms with E-state index in [1.54, 1.807) is 0 Å². The van der Waals surface area contributed by atoms with Gasteiger partial charge in [0.05, 0.1) is 7.05 Å². The monoisotopic (exact) mass is 384 g/mol.